The molecular formula is C17H32N4O9. The molecule has 0 radical (unpaired) electrons. The van der Waals surface area contributed by atoms with Gasteiger partial charge in [-0.05, 0) is 13.8 Å². The maximum absolute atomic E-state index is 11.1. The number of rotatable bonds is 18. The van der Waals surface area contributed by atoms with E-state index in [2.05, 4.69) is 5.32 Å². The average molecular weight is 436 g/mol. The number of nitrogens with one attached hydrogen (secondary N) is 1. The van der Waals surface area contributed by atoms with Gasteiger partial charge in [0.05, 0.1) is 26.2 Å². The molecule has 0 amide bonds. The minimum absolute atomic E-state index is 0.00232. The van der Waals surface area contributed by atoms with Crippen LogP contribution in [0.3, 0.4) is 0 Å². The van der Waals surface area contributed by atoms with E-state index in [0.717, 1.165) is 4.90 Å². The lowest BCUT2D eigenvalue weighted by atomic mass is 10.3. The number of hydrogen-bond acceptors (Lipinski definition) is 9. The molecule has 0 saturated heterocycles. The van der Waals surface area contributed by atoms with Crippen molar-refractivity contribution in [1.29, 1.82) is 0 Å². The summed E-state index contributed by atoms with van der Waals surface area (Å²) in [5.41, 5.74) is 0. The highest BCUT2D eigenvalue weighted by atomic mass is 16.4. The normalized spacial score (nSPS) is 12.6. The van der Waals surface area contributed by atoms with E-state index >= 15 is 0 Å². The smallest absolute Gasteiger partial charge is 0.317 e. The Bertz CT molecular complexity index is 557. The first-order valence-electron chi connectivity index (χ1n) is 9.37. The predicted octanol–water partition coefficient (Wildman–Crippen LogP) is -2.45. The molecule has 6 N–H and O–H groups in total. The van der Waals surface area contributed by atoms with Gasteiger partial charge < -0.3 is 25.5 Å². The van der Waals surface area contributed by atoms with Crippen molar-refractivity contribution in [3.8, 4) is 0 Å². The van der Waals surface area contributed by atoms with Gasteiger partial charge in [0, 0.05) is 38.8 Å². The Morgan fingerprint density at radius 3 is 1.40 bits per heavy atom. The van der Waals surface area contributed by atoms with Crippen molar-refractivity contribution in [1.82, 2.24) is 20.0 Å². The van der Waals surface area contributed by atoms with Crippen molar-refractivity contribution in [2.75, 3.05) is 58.9 Å². The Hall–Kier alpha value is -2.32. The van der Waals surface area contributed by atoms with Crippen LogP contribution in [0.2, 0.25) is 0 Å². The largest absolute Gasteiger partial charge is 0.480 e. The topological polar surface area (TPSA) is 191 Å². The van der Waals surface area contributed by atoms with Gasteiger partial charge in [0.25, 0.3) is 0 Å². The molecule has 30 heavy (non-hydrogen) atoms. The van der Waals surface area contributed by atoms with E-state index in [1.54, 1.807) is 0 Å². The first kappa shape index (κ1) is 27.7. The number of aliphatic carboxylic acids is 4. The fourth-order valence-corrected chi connectivity index (χ4v) is 2.73. The second kappa shape index (κ2) is 14.6. The summed E-state index contributed by atoms with van der Waals surface area (Å²) in [5.74, 6) is -4.66. The monoisotopic (exact) mass is 436 g/mol. The summed E-state index contributed by atoms with van der Waals surface area (Å²) < 4.78 is 0. The van der Waals surface area contributed by atoms with Crippen molar-refractivity contribution < 1.29 is 44.7 Å². The molecular weight excluding hydrogens is 404 g/mol. The number of aliphatic hydroxyl groups excluding tert-OH is 1. The second-order valence-electron chi connectivity index (χ2n) is 7.13. The van der Waals surface area contributed by atoms with Crippen molar-refractivity contribution in [2.24, 2.45) is 0 Å². The van der Waals surface area contributed by atoms with Gasteiger partial charge in [0.15, 0.2) is 0 Å². The zero-order valence-electron chi connectivity index (χ0n) is 17.2. The van der Waals surface area contributed by atoms with Crippen LogP contribution in [-0.2, 0) is 19.2 Å². The predicted molar refractivity (Wildman–Crippen MR) is 104 cm³/mol. The minimum atomic E-state index is -1.21. The molecule has 0 fully saturated rings. The van der Waals surface area contributed by atoms with Gasteiger partial charge in [-0.1, -0.05) is 0 Å². The molecule has 0 rings (SSSR count). The molecule has 0 saturated carbocycles. The zero-order valence-corrected chi connectivity index (χ0v) is 17.2. The molecule has 0 bridgehead atoms. The Morgan fingerprint density at radius 2 is 1.00 bits per heavy atom. The molecule has 13 heteroatoms. The average Bonchev–Trinajstić information content (AvgIpc) is 2.54. The number of carboxylic acids is 4. The Kier molecular flexibility index (Phi) is 13.5. The highest BCUT2D eigenvalue weighted by molar-refractivity contribution is 5.72. The van der Waals surface area contributed by atoms with E-state index in [-0.39, 0.29) is 51.9 Å². The Balaban J connectivity index is 4.95. The third-order valence-corrected chi connectivity index (χ3v) is 3.86. The summed E-state index contributed by atoms with van der Waals surface area (Å²) >= 11 is 0. The molecule has 0 heterocycles. The summed E-state index contributed by atoms with van der Waals surface area (Å²) in [4.78, 5) is 48.0. The second-order valence-corrected chi connectivity index (χ2v) is 7.13. The summed E-state index contributed by atoms with van der Waals surface area (Å²) in [5, 5.41) is 48.7. The molecule has 0 aromatic rings. The molecule has 0 spiro atoms. The van der Waals surface area contributed by atoms with E-state index < -0.39 is 43.2 Å². The van der Waals surface area contributed by atoms with E-state index in [1.807, 2.05) is 13.8 Å². The van der Waals surface area contributed by atoms with E-state index in [1.165, 1.54) is 9.80 Å². The molecule has 0 aliphatic carbocycles. The summed E-state index contributed by atoms with van der Waals surface area (Å²) in [6.45, 7) is 2.22. The third-order valence-electron chi connectivity index (χ3n) is 3.86. The van der Waals surface area contributed by atoms with Crippen molar-refractivity contribution in [2.45, 2.75) is 26.1 Å². The van der Waals surface area contributed by atoms with Gasteiger partial charge >= 0.3 is 23.9 Å². The Morgan fingerprint density at radius 1 is 0.667 bits per heavy atom. The van der Waals surface area contributed by atoms with Crippen LogP contribution >= 0.6 is 0 Å². The Labute approximate surface area is 174 Å². The summed E-state index contributed by atoms with van der Waals surface area (Å²) in [6, 6.07) is -0.0235. The van der Waals surface area contributed by atoms with Gasteiger partial charge in [0.1, 0.15) is 6.23 Å². The molecule has 1 atom stereocenters. The first-order valence-corrected chi connectivity index (χ1v) is 9.37. The van der Waals surface area contributed by atoms with Gasteiger partial charge in [-0.15, -0.1) is 0 Å². The van der Waals surface area contributed by atoms with Crippen molar-refractivity contribution in [3.05, 3.63) is 0 Å². The molecule has 0 aliphatic rings. The molecule has 0 aromatic heterocycles. The number of nitrogens with zero attached hydrogens (tertiary/aromatic N) is 3. The van der Waals surface area contributed by atoms with E-state index in [9.17, 15) is 24.3 Å². The summed E-state index contributed by atoms with van der Waals surface area (Å²) in [7, 11) is 0. The molecule has 0 aliphatic heterocycles. The maximum Gasteiger partial charge on any atom is 0.317 e. The summed E-state index contributed by atoms with van der Waals surface area (Å²) in [6.07, 6.45) is -0.973. The number of carboxylic acid groups (broad SMARTS) is 4. The fourth-order valence-electron chi connectivity index (χ4n) is 2.73. The standard InChI is InChI=1S/C17H32N4O9/c1-12(2)18-13(22)7-20(9-15(25)26)5-3-19(8-14(23)24)4-6-21(10-16(27)28)11-17(29)30/h12-13,18,22H,3-11H2,1-2H3,(H,23,24)(H,25,26)(H,27,28)(H,29,30). The van der Waals surface area contributed by atoms with Crippen LogP contribution in [0.15, 0.2) is 0 Å². The number of hydrogen-bond donors (Lipinski definition) is 6. The molecule has 13 nitrogen and oxygen atoms in total. The van der Waals surface area contributed by atoms with E-state index in [4.69, 9.17) is 20.4 Å². The lowest BCUT2D eigenvalue weighted by molar-refractivity contribution is -0.143. The van der Waals surface area contributed by atoms with Gasteiger partial charge in [-0.2, -0.15) is 0 Å². The van der Waals surface area contributed by atoms with Crippen LogP contribution in [0, 0.1) is 0 Å². The number of carbonyl (C=O) groups is 4. The lowest BCUT2D eigenvalue weighted by Crippen LogP contribution is -2.48. The fraction of sp³-hybridized carbons (Fsp3) is 0.765. The SMILES string of the molecule is CC(C)NC(O)CN(CCN(CCN(CC(=O)O)CC(=O)O)CC(=O)O)CC(=O)O. The van der Waals surface area contributed by atoms with Gasteiger partial charge in [-0.25, -0.2) is 0 Å². The number of aliphatic hydroxyl groups is 1. The van der Waals surface area contributed by atoms with Crippen molar-refractivity contribution in [3.63, 3.8) is 0 Å². The lowest BCUT2D eigenvalue weighted by Gasteiger charge is -2.29. The quantitative estimate of drug-likeness (QED) is 0.124. The highest BCUT2D eigenvalue weighted by Crippen LogP contribution is 1.98. The zero-order chi connectivity index (χ0) is 23.3. The molecule has 174 valence electrons. The van der Waals surface area contributed by atoms with Gasteiger partial charge in [-0.3, -0.25) is 39.2 Å². The van der Waals surface area contributed by atoms with Crippen LogP contribution in [0.25, 0.3) is 0 Å². The van der Waals surface area contributed by atoms with Crippen LogP contribution in [-0.4, -0.2) is 135 Å². The molecule has 0 aromatic carbocycles. The molecule has 1 unspecified atom stereocenters. The first-order chi connectivity index (χ1) is 13.9. The minimum Gasteiger partial charge on any atom is -0.480 e. The highest BCUT2D eigenvalue weighted by Gasteiger charge is 2.19. The van der Waals surface area contributed by atoms with Crippen LogP contribution < -0.4 is 5.32 Å². The van der Waals surface area contributed by atoms with Crippen LogP contribution in [0.4, 0.5) is 0 Å². The van der Waals surface area contributed by atoms with Crippen LogP contribution in [0.1, 0.15) is 13.8 Å². The van der Waals surface area contributed by atoms with Gasteiger partial charge in [0.2, 0.25) is 0 Å². The van der Waals surface area contributed by atoms with Crippen molar-refractivity contribution >= 4 is 23.9 Å². The third kappa shape index (κ3) is 15.6. The maximum atomic E-state index is 11.1. The van der Waals surface area contributed by atoms with E-state index in [0.29, 0.717) is 0 Å². The van der Waals surface area contributed by atoms with Crippen LogP contribution in [0.5, 0.6) is 0 Å².